The Bertz CT molecular complexity index is 749. The van der Waals surface area contributed by atoms with E-state index in [9.17, 15) is 9.59 Å². The maximum absolute atomic E-state index is 12.6. The highest BCUT2D eigenvalue weighted by Crippen LogP contribution is 2.19. The van der Waals surface area contributed by atoms with Gasteiger partial charge in [0.1, 0.15) is 0 Å². The summed E-state index contributed by atoms with van der Waals surface area (Å²) in [5, 5.41) is 6.15. The Kier molecular flexibility index (Phi) is 6.60. The second-order valence-corrected chi connectivity index (χ2v) is 7.14. The van der Waals surface area contributed by atoms with Gasteiger partial charge in [0.25, 0.3) is 5.91 Å². The normalized spacial score (nSPS) is 20.5. The number of nitrogens with one attached hydrogen (secondary N) is 2. The lowest BCUT2D eigenvalue weighted by atomic mass is 9.89. The minimum absolute atomic E-state index is 0.0701. The molecule has 1 saturated carbocycles. The van der Waals surface area contributed by atoms with Crippen LogP contribution in [0.25, 0.3) is 0 Å². The SMILES string of the molecule is N[C@H](Cc1ccccc1)C(=O)N[C@@H]1CCCC[C@H]1NC(=O)c1ccccc1. The van der Waals surface area contributed by atoms with E-state index in [1.165, 1.54) is 0 Å². The molecular formula is C22H27N3O2. The van der Waals surface area contributed by atoms with Gasteiger partial charge < -0.3 is 16.4 Å². The molecule has 0 bridgehead atoms. The number of amides is 2. The van der Waals surface area contributed by atoms with E-state index < -0.39 is 6.04 Å². The molecule has 4 N–H and O–H groups in total. The lowest BCUT2D eigenvalue weighted by Crippen LogP contribution is -2.56. The van der Waals surface area contributed by atoms with Gasteiger partial charge in [0.2, 0.25) is 5.91 Å². The highest BCUT2D eigenvalue weighted by atomic mass is 16.2. The average molecular weight is 365 g/mol. The van der Waals surface area contributed by atoms with Crippen LogP contribution in [-0.2, 0) is 11.2 Å². The number of carbonyl (C=O) groups excluding carboxylic acids is 2. The number of hydrogen-bond donors (Lipinski definition) is 3. The van der Waals surface area contributed by atoms with Crippen LogP contribution in [0.4, 0.5) is 0 Å². The highest BCUT2D eigenvalue weighted by molar-refractivity contribution is 5.94. The minimum atomic E-state index is -0.597. The molecule has 1 aliphatic carbocycles. The summed E-state index contributed by atoms with van der Waals surface area (Å²) in [5.41, 5.74) is 7.78. The largest absolute Gasteiger partial charge is 0.350 e. The predicted molar refractivity (Wildman–Crippen MR) is 106 cm³/mol. The van der Waals surface area contributed by atoms with Gasteiger partial charge in [0.05, 0.1) is 6.04 Å². The van der Waals surface area contributed by atoms with Gasteiger partial charge in [0.15, 0.2) is 0 Å². The van der Waals surface area contributed by atoms with Crippen molar-refractivity contribution in [3.63, 3.8) is 0 Å². The molecule has 0 aromatic heterocycles. The summed E-state index contributed by atoms with van der Waals surface area (Å²) in [6, 6.07) is 18.2. The molecule has 2 aromatic carbocycles. The topological polar surface area (TPSA) is 84.2 Å². The summed E-state index contributed by atoms with van der Waals surface area (Å²) < 4.78 is 0. The van der Waals surface area contributed by atoms with Crippen LogP contribution in [0.1, 0.15) is 41.6 Å². The Morgan fingerprint density at radius 3 is 2.07 bits per heavy atom. The number of benzene rings is 2. The van der Waals surface area contributed by atoms with Crippen molar-refractivity contribution in [1.29, 1.82) is 0 Å². The summed E-state index contributed by atoms with van der Waals surface area (Å²) in [6.07, 6.45) is 4.29. The molecule has 0 unspecified atom stereocenters. The van der Waals surface area contributed by atoms with Gasteiger partial charge in [-0.15, -0.1) is 0 Å². The monoisotopic (exact) mass is 365 g/mol. The lowest BCUT2D eigenvalue weighted by Gasteiger charge is -2.33. The van der Waals surface area contributed by atoms with Crippen LogP contribution in [0.3, 0.4) is 0 Å². The first-order valence-electron chi connectivity index (χ1n) is 9.59. The van der Waals surface area contributed by atoms with E-state index in [4.69, 9.17) is 5.73 Å². The molecule has 3 atom stereocenters. The molecule has 5 nitrogen and oxygen atoms in total. The maximum atomic E-state index is 12.6. The Morgan fingerprint density at radius 1 is 0.889 bits per heavy atom. The fraction of sp³-hybridized carbons (Fsp3) is 0.364. The molecule has 0 saturated heterocycles. The smallest absolute Gasteiger partial charge is 0.251 e. The van der Waals surface area contributed by atoms with Gasteiger partial charge in [-0.1, -0.05) is 61.4 Å². The third-order valence-electron chi connectivity index (χ3n) is 5.08. The van der Waals surface area contributed by atoms with E-state index in [2.05, 4.69) is 10.6 Å². The minimum Gasteiger partial charge on any atom is -0.350 e. The molecule has 2 amide bonds. The summed E-state index contributed by atoms with van der Waals surface area (Å²) in [7, 11) is 0. The molecular weight excluding hydrogens is 338 g/mol. The van der Waals surface area contributed by atoms with Gasteiger partial charge in [-0.2, -0.15) is 0 Å². The summed E-state index contributed by atoms with van der Waals surface area (Å²) in [6.45, 7) is 0. The molecule has 0 spiro atoms. The van der Waals surface area contributed by atoms with Crippen molar-refractivity contribution >= 4 is 11.8 Å². The van der Waals surface area contributed by atoms with Crippen LogP contribution >= 0.6 is 0 Å². The van der Waals surface area contributed by atoms with Gasteiger partial charge in [-0.05, 0) is 37.0 Å². The van der Waals surface area contributed by atoms with E-state index in [1.807, 2.05) is 48.5 Å². The first-order valence-corrected chi connectivity index (χ1v) is 9.59. The zero-order valence-electron chi connectivity index (χ0n) is 15.4. The first-order chi connectivity index (χ1) is 13.1. The molecule has 3 rings (SSSR count). The van der Waals surface area contributed by atoms with Crippen LogP contribution in [0.15, 0.2) is 60.7 Å². The van der Waals surface area contributed by atoms with E-state index in [-0.39, 0.29) is 23.9 Å². The molecule has 142 valence electrons. The fourth-order valence-corrected chi connectivity index (χ4v) is 3.57. The molecule has 2 aromatic rings. The quantitative estimate of drug-likeness (QED) is 0.735. The van der Waals surface area contributed by atoms with Gasteiger partial charge in [-0.25, -0.2) is 0 Å². The molecule has 0 radical (unpaired) electrons. The van der Waals surface area contributed by atoms with Crippen LogP contribution in [0.5, 0.6) is 0 Å². The van der Waals surface area contributed by atoms with Crippen LogP contribution in [0, 0.1) is 0 Å². The maximum Gasteiger partial charge on any atom is 0.251 e. The predicted octanol–water partition coefficient (Wildman–Crippen LogP) is 2.41. The summed E-state index contributed by atoms with van der Waals surface area (Å²) in [4.78, 5) is 25.0. The zero-order chi connectivity index (χ0) is 19.1. The van der Waals surface area contributed by atoms with Crippen molar-refractivity contribution < 1.29 is 9.59 Å². The summed E-state index contributed by atoms with van der Waals surface area (Å²) in [5.74, 6) is -0.264. The van der Waals surface area contributed by atoms with E-state index in [0.717, 1.165) is 31.2 Å². The third kappa shape index (κ3) is 5.41. The molecule has 1 fully saturated rings. The van der Waals surface area contributed by atoms with Crippen molar-refractivity contribution in [2.75, 3.05) is 0 Å². The number of rotatable bonds is 6. The van der Waals surface area contributed by atoms with Gasteiger partial charge in [0, 0.05) is 17.6 Å². The zero-order valence-corrected chi connectivity index (χ0v) is 15.4. The Labute approximate surface area is 160 Å². The molecule has 1 aliphatic rings. The molecule has 0 aliphatic heterocycles. The molecule has 27 heavy (non-hydrogen) atoms. The second kappa shape index (κ2) is 9.33. The lowest BCUT2D eigenvalue weighted by molar-refractivity contribution is -0.123. The van der Waals surface area contributed by atoms with Crippen LogP contribution < -0.4 is 16.4 Å². The first kappa shape index (κ1) is 19.1. The number of carbonyl (C=O) groups is 2. The van der Waals surface area contributed by atoms with Gasteiger partial charge >= 0.3 is 0 Å². The van der Waals surface area contributed by atoms with Crippen molar-refractivity contribution in [1.82, 2.24) is 10.6 Å². The van der Waals surface area contributed by atoms with Gasteiger partial charge in [-0.3, -0.25) is 9.59 Å². The third-order valence-corrected chi connectivity index (χ3v) is 5.08. The van der Waals surface area contributed by atoms with Crippen molar-refractivity contribution in [2.45, 2.75) is 50.2 Å². The second-order valence-electron chi connectivity index (χ2n) is 7.14. The Morgan fingerprint density at radius 2 is 1.44 bits per heavy atom. The van der Waals surface area contributed by atoms with Crippen LogP contribution in [-0.4, -0.2) is 29.9 Å². The van der Waals surface area contributed by atoms with E-state index in [0.29, 0.717) is 12.0 Å². The van der Waals surface area contributed by atoms with Crippen molar-refractivity contribution in [3.05, 3.63) is 71.8 Å². The number of hydrogen-bond acceptors (Lipinski definition) is 3. The highest BCUT2D eigenvalue weighted by Gasteiger charge is 2.29. The fourth-order valence-electron chi connectivity index (χ4n) is 3.57. The molecule has 0 heterocycles. The van der Waals surface area contributed by atoms with Crippen LogP contribution in [0.2, 0.25) is 0 Å². The Balaban J connectivity index is 1.58. The van der Waals surface area contributed by atoms with Crippen molar-refractivity contribution in [3.8, 4) is 0 Å². The molecule has 5 heteroatoms. The standard InChI is InChI=1S/C22H27N3O2/c23-18(15-16-9-3-1-4-10-16)22(27)25-20-14-8-7-13-19(20)24-21(26)17-11-5-2-6-12-17/h1-6,9-12,18-20H,7-8,13-15,23H2,(H,24,26)(H,25,27)/t18-,19-,20-/m1/s1. The summed E-state index contributed by atoms with van der Waals surface area (Å²) >= 11 is 0. The number of nitrogens with two attached hydrogens (primary N) is 1. The van der Waals surface area contributed by atoms with E-state index >= 15 is 0 Å². The van der Waals surface area contributed by atoms with E-state index in [1.54, 1.807) is 12.1 Å². The van der Waals surface area contributed by atoms with Crippen molar-refractivity contribution in [2.24, 2.45) is 5.73 Å². The Hall–Kier alpha value is -2.66. The average Bonchev–Trinajstić information content (AvgIpc) is 2.70.